The molecular weight excluding hydrogens is 220 g/mol. The first kappa shape index (κ1) is 13.5. The predicted octanol–water partition coefficient (Wildman–Crippen LogP) is 3.39. The van der Waals surface area contributed by atoms with Gasteiger partial charge in [-0.1, -0.05) is 20.8 Å². The summed E-state index contributed by atoms with van der Waals surface area (Å²) in [5.74, 6) is 1.70. The van der Waals surface area contributed by atoms with Crippen molar-refractivity contribution in [3.05, 3.63) is 30.1 Å². The van der Waals surface area contributed by atoms with Crippen molar-refractivity contribution >= 4 is 0 Å². The zero-order valence-electron chi connectivity index (χ0n) is 11.9. The van der Waals surface area contributed by atoms with Crippen LogP contribution in [0.5, 0.6) is 0 Å². The van der Waals surface area contributed by atoms with Crippen molar-refractivity contribution in [1.29, 1.82) is 0 Å². The van der Waals surface area contributed by atoms with Crippen LogP contribution in [0.4, 0.5) is 0 Å². The molecule has 2 nitrogen and oxygen atoms in total. The summed E-state index contributed by atoms with van der Waals surface area (Å²) in [7, 11) is 0. The van der Waals surface area contributed by atoms with E-state index in [0.717, 1.165) is 24.9 Å². The van der Waals surface area contributed by atoms with Crippen molar-refractivity contribution in [1.82, 2.24) is 10.3 Å². The molecule has 1 aliphatic carbocycles. The van der Waals surface area contributed by atoms with Gasteiger partial charge in [0.05, 0.1) is 0 Å². The highest BCUT2D eigenvalue weighted by Crippen LogP contribution is 2.50. The van der Waals surface area contributed by atoms with Crippen LogP contribution in [-0.2, 0) is 5.41 Å². The van der Waals surface area contributed by atoms with Gasteiger partial charge in [0.2, 0.25) is 0 Å². The molecule has 1 aromatic heterocycles. The maximum Gasteiger partial charge on any atom is 0.0270 e. The van der Waals surface area contributed by atoms with E-state index in [1.807, 2.05) is 12.4 Å². The van der Waals surface area contributed by atoms with Crippen molar-refractivity contribution in [3.63, 3.8) is 0 Å². The van der Waals surface area contributed by atoms with Gasteiger partial charge in [0, 0.05) is 24.4 Å². The first-order chi connectivity index (χ1) is 8.68. The Morgan fingerprint density at radius 2 is 2.00 bits per heavy atom. The molecule has 0 atom stereocenters. The Morgan fingerprint density at radius 1 is 1.33 bits per heavy atom. The van der Waals surface area contributed by atoms with Crippen LogP contribution in [0, 0.1) is 11.8 Å². The molecule has 0 amide bonds. The van der Waals surface area contributed by atoms with Crippen LogP contribution in [-0.4, -0.2) is 18.1 Å². The van der Waals surface area contributed by atoms with Crippen LogP contribution in [0.2, 0.25) is 0 Å². The Kier molecular flexibility index (Phi) is 4.39. The summed E-state index contributed by atoms with van der Waals surface area (Å²) in [5.41, 5.74) is 1.84. The summed E-state index contributed by atoms with van der Waals surface area (Å²) in [5, 5.41) is 3.62. The highest BCUT2D eigenvalue weighted by atomic mass is 14.9. The van der Waals surface area contributed by atoms with E-state index in [1.54, 1.807) is 0 Å². The fraction of sp³-hybridized carbons (Fsp3) is 0.688. The summed E-state index contributed by atoms with van der Waals surface area (Å²) >= 11 is 0. The minimum atomic E-state index is 0.368. The lowest BCUT2D eigenvalue weighted by Gasteiger charge is -2.50. The maximum atomic E-state index is 4.15. The van der Waals surface area contributed by atoms with Gasteiger partial charge in [0.25, 0.3) is 0 Å². The van der Waals surface area contributed by atoms with Gasteiger partial charge >= 0.3 is 0 Å². The predicted molar refractivity (Wildman–Crippen MR) is 76.6 cm³/mol. The lowest BCUT2D eigenvalue weighted by atomic mass is 9.56. The Hall–Kier alpha value is -0.890. The summed E-state index contributed by atoms with van der Waals surface area (Å²) in [6.45, 7) is 9.16. The first-order valence-corrected chi connectivity index (χ1v) is 7.29. The normalized spacial score (nSPS) is 27.2. The van der Waals surface area contributed by atoms with Crippen LogP contribution >= 0.6 is 0 Å². The number of hydrogen-bond acceptors (Lipinski definition) is 2. The summed E-state index contributed by atoms with van der Waals surface area (Å²) in [6.07, 6.45) is 7.72. The third-order valence-corrected chi connectivity index (χ3v) is 4.43. The van der Waals surface area contributed by atoms with Gasteiger partial charge in [-0.2, -0.15) is 0 Å². The molecule has 1 fully saturated rings. The Morgan fingerprint density at radius 3 is 2.56 bits per heavy atom. The minimum Gasteiger partial charge on any atom is -0.316 e. The van der Waals surface area contributed by atoms with Crippen LogP contribution in [0.25, 0.3) is 0 Å². The smallest absolute Gasteiger partial charge is 0.0270 e. The van der Waals surface area contributed by atoms with E-state index in [0.29, 0.717) is 5.41 Å². The molecule has 0 saturated heterocycles. The molecule has 2 heteroatoms. The molecule has 0 aromatic carbocycles. The van der Waals surface area contributed by atoms with E-state index in [9.17, 15) is 0 Å². The van der Waals surface area contributed by atoms with Crippen molar-refractivity contribution in [2.75, 3.05) is 13.1 Å². The van der Waals surface area contributed by atoms with Gasteiger partial charge in [-0.15, -0.1) is 0 Å². The van der Waals surface area contributed by atoms with Gasteiger partial charge < -0.3 is 5.32 Å². The van der Waals surface area contributed by atoms with Gasteiger partial charge in [0.15, 0.2) is 0 Å². The molecule has 100 valence electrons. The third-order valence-electron chi connectivity index (χ3n) is 4.43. The first-order valence-electron chi connectivity index (χ1n) is 7.29. The van der Waals surface area contributed by atoms with E-state index in [4.69, 9.17) is 0 Å². The number of rotatable bonds is 6. The quantitative estimate of drug-likeness (QED) is 0.778. The lowest BCUT2D eigenvalue weighted by molar-refractivity contribution is 0.0978. The molecule has 0 unspecified atom stereocenters. The standard InChI is InChI=1S/C16H26N2/c1-4-7-18-12-16(10-14(11-16)13(2)3)15-5-8-17-9-6-15/h5-6,8-9,13-14,18H,4,7,10-12H2,1-3H3. The zero-order valence-corrected chi connectivity index (χ0v) is 11.9. The van der Waals surface area contributed by atoms with Crippen LogP contribution in [0.15, 0.2) is 24.5 Å². The lowest BCUT2D eigenvalue weighted by Crippen LogP contribution is -2.50. The second-order valence-corrected chi connectivity index (χ2v) is 6.11. The van der Waals surface area contributed by atoms with Crippen molar-refractivity contribution in [2.24, 2.45) is 11.8 Å². The molecular formula is C16H26N2. The summed E-state index contributed by atoms with van der Waals surface area (Å²) in [6, 6.07) is 4.40. The van der Waals surface area contributed by atoms with Gasteiger partial charge in [-0.25, -0.2) is 0 Å². The molecule has 1 N–H and O–H groups in total. The van der Waals surface area contributed by atoms with E-state index < -0.39 is 0 Å². The van der Waals surface area contributed by atoms with E-state index in [-0.39, 0.29) is 0 Å². The number of nitrogens with zero attached hydrogens (tertiary/aromatic N) is 1. The van der Waals surface area contributed by atoms with Crippen molar-refractivity contribution in [2.45, 2.75) is 45.4 Å². The molecule has 1 aliphatic rings. The molecule has 1 heterocycles. The van der Waals surface area contributed by atoms with E-state index in [1.165, 1.54) is 24.8 Å². The monoisotopic (exact) mass is 246 g/mol. The Labute approximate surface area is 111 Å². The number of hydrogen-bond donors (Lipinski definition) is 1. The van der Waals surface area contributed by atoms with Crippen molar-refractivity contribution in [3.8, 4) is 0 Å². The Bertz CT molecular complexity index is 353. The minimum absolute atomic E-state index is 0.368. The molecule has 0 spiro atoms. The number of pyridine rings is 1. The highest BCUT2D eigenvalue weighted by Gasteiger charge is 2.45. The number of nitrogens with one attached hydrogen (secondary N) is 1. The largest absolute Gasteiger partial charge is 0.316 e. The van der Waals surface area contributed by atoms with Gasteiger partial charge in [0.1, 0.15) is 0 Å². The van der Waals surface area contributed by atoms with Gasteiger partial charge in [-0.05, 0) is 55.3 Å². The average molecular weight is 246 g/mol. The molecule has 18 heavy (non-hydrogen) atoms. The fourth-order valence-electron chi connectivity index (χ4n) is 3.11. The Balaban J connectivity index is 2.06. The molecule has 1 saturated carbocycles. The van der Waals surface area contributed by atoms with E-state index in [2.05, 4.69) is 43.2 Å². The average Bonchev–Trinajstić information content (AvgIpc) is 2.33. The van der Waals surface area contributed by atoms with E-state index >= 15 is 0 Å². The summed E-state index contributed by atoms with van der Waals surface area (Å²) < 4.78 is 0. The third kappa shape index (κ3) is 2.74. The second kappa shape index (κ2) is 5.83. The highest BCUT2D eigenvalue weighted by molar-refractivity contribution is 5.27. The summed E-state index contributed by atoms with van der Waals surface area (Å²) in [4.78, 5) is 4.15. The fourth-order valence-corrected chi connectivity index (χ4v) is 3.11. The molecule has 0 bridgehead atoms. The zero-order chi connectivity index (χ0) is 13.0. The molecule has 2 rings (SSSR count). The van der Waals surface area contributed by atoms with Crippen LogP contribution < -0.4 is 5.32 Å². The second-order valence-electron chi connectivity index (χ2n) is 6.11. The topological polar surface area (TPSA) is 24.9 Å². The SMILES string of the molecule is CCCNCC1(c2ccncc2)CC(C(C)C)C1. The number of aromatic nitrogens is 1. The van der Waals surface area contributed by atoms with Crippen molar-refractivity contribution < 1.29 is 0 Å². The van der Waals surface area contributed by atoms with Gasteiger partial charge in [-0.3, -0.25) is 4.98 Å². The molecule has 1 aromatic rings. The van der Waals surface area contributed by atoms with Crippen LogP contribution in [0.3, 0.4) is 0 Å². The molecule has 0 radical (unpaired) electrons. The van der Waals surface area contributed by atoms with Crippen LogP contribution in [0.1, 0.15) is 45.6 Å². The molecule has 0 aliphatic heterocycles. The maximum absolute atomic E-state index is 4.15.